The number of nitriles is 1. The van der Waals surface area contributed by atoms with E-state index in [2.05, 4.69) is 15.2 Å². The van der Waals surface area contributed by atoms with Crippen molar-refractivity contribution in [2.75, 3.05) is 26.3 Å². The van der Waals surface area contributed by atoms with Gasteiger partial charge in [-0.15, -0.1) is 0 Å². The minimum absolute atomic E-state index is 0.359. The molecule has 1 fully saturated rings. The number of ether oxygens (including phenoxy) is 1. The zero-order valence-electron chi connectivity index (χ0n) is 15.7. The van der Waals surface area contributed by atoms with Gasteiger partial charge in [-0.2, -0.15) is 5.26 Å². The van der Waals surface area contributed by atoms with Crippen LogP contribution in [-0.4, -0.2) is 46.5 Å². The second-order valence-corrected chi connectivity index (χ2v) is 6.86. The minimum atomic E-state index is -0.957. The summed E-state index contributed by atoms with van der Waals surface area (Å²) in [5, 5.41) is 12.1. The Labute approximate surface area is 167 Å². The molecule has 29 heavy (non-hydrogen) atoms. The topological polar surface area (TPSA) is 82.7 Å². The van der Waals surface area contributed by atoms with Crippen LogP contribution in [0.15, 0.2) is 48.8 Å². The van der Waals surface area contributed by atoms with Gasteiger partial charge in [0.15, 0.2) is 0 Å². The number of nitrogens with zero attached hydrogens (tertiary/aromatic N) is 4. The summed E-state index contributed by atoms with van der Waals surface area (Å²) in [6, 6.07) is 10.1. The first-order valence-corrected chi connectivity index (χ1v) is 9.36. The van der Waals surface area contributed by atoms with Crippen LogP contribution in [0, 0.1) is 17.1 Å². The first-order valence-electron chi connectivity index (χ1n) is 9.36. The lowest BCUT2D eigenvalue weighted by Gasteiger charge is -2.25. The van der Waals surface area contributed by atoms with E-state index in [1.54, 1.807) is 22.6 Å². The van der Waals surface area contributed by atoms with Gasteiger partial charge in [-0.25, -0.2) is 9.37 Å². The number of hydrogen-bond acceptors (Lipinski definition) is 5. The van der Waals surface area contributed by atoms with E-state index in [0.717, 1.165) is 18.8 Å². The van der Waals surface area contributed by atoms with Crippen LogP contribution in [-0.2, 0) is 11.3 Å². The molecule has 0 spiro atoms. The summed E-state index contributed by atoms with van der Waals surface area (Å²) in [4.78, 5) is 19.7. The van der Waals surface area contributed by atoms with Gasteiger partial charge in [0, 0.05) is 32.0 Å². The Morgan fingerprint density at radius 3 is 2.90 bits per heavy atom. The van der Waals surface area contributed by atoms with Gasteiger partial charge in [-0.1, -0.05) is 12.1 Å². The monoisotopic (exact) mass is 393 g/mol. The van der Waals surface area contributed by atoms with E-state index in [1.165, 1.54) is 18.2 Å². The van der Waals surface area contributed by atoms with E-state index in [-0.39, 0.29) is 0 Å². The van der Waals surface area contributed by atoms with Crippen molar-refractivity contribution < 1.29 is 13.9 Å². The number of hydrogen-bond donors (Lipinski definition) is 1. The fourth-order valence-corrected chi connectivity index (χ4v) is 3.39. The molecule has 3 heterocycles. The van der Waals surface area contributed by atoms with Gasteiger partial charge in [-0.05, 0) is 29.8 Å². The highest BCUT2D eigenvalue weighted by Gasteiger charge is 2.20. The highest BCUT2D eigenvalue weighted by atomic mass is 19.1. The summed E-state index contributed by atoms with van der Waals surface area (Å²) in [5.41, 5.74) is 2.12. The summed E-state index contributed by atoms with van der Waals surface area (Å²) < 4.78 is 20.6. The van der Waals surface area contributed by atoms with Crippen LogP contribution in [0.2, 0.25) is 0 Å². The van der Waals surface area contributed by atoms with Crippen LogP contribution >= 0.6 is 0 Å². The Kier molecular flexibility index (Phi) is 5.51. The summed E-state index contributed by atoms with van der Waals surface area (Å²) in [6.07, 6.45) is 3.73. The third kappa shape index (κ3) is 4.26. The molecular weight excluding hydrogens is 373 g/mol. The number of amides is 1. The minimum Gasteiger partial charge on any atom is -0.379 e. The number of rotatable bonds is 5. The van der Waals surface area contributed by atoms with Crippen molar-refractivity contribution >= 4 is 11.6 Å². The Bertz CT molecular complexity index is 1070. The molecule has 0 aliphatic carbocycles. The molecular formula is C21H20FN5O2. The van der Waals surface area contributed by atoms with Crippen molar-refractivity contribution in [3.8, 4) is 6.07 Å². The van der Waals surface area contributed by atoms with Gasteiger partial charge in [0.05, 0.1) is 30.5 Å². The van der Waals surface area contributed by atoms with Gasteiger partial charge in [0.2, 0.25) is 0 Å². The van der Waals surface area contributed by atoms with Gasteiger partial charge >= 0.3 is 0 Å². The third-order valence-electron chi connectivity index (χ3n) is 4.85. The van der Waals surface area contributed by atoms with E-state index >= 15 is 0 Å². The SMILES string of the molecule is N#CC(NC(=O)c1cccn2cc(CN3CCOCC3)nc12)c1cccc(F)c1. The second-order valence-electron chi connectivity index (χ2n) is 6.86. The van der Waals surface area contributed by atoms with Crippen LogP contribution in [0.1, 0.15) is 27.7 Å². The molecule has 148 valence electrons. The van der Waals surface area contributed by atoms with Crippen molar-refractivity contribution in [3.05, 3.63) is 71.4 Å². The Balaban J connectivity index is 1.56. The first kappa shape index (κ1) is 19.1. The van der Waals surface area contributed by atoms with Crippen LogP contribution < -0.4 is 5.32 Å². The van der Waals surface area contributed by atoms with Crippen molar-refractivity contribution in [1.29, 1.82) is 5.26 Å². The Morgan fingerprint density at radius 1 is 1.31 bits per heavy atom. The molecule has 1 aliphatic heterocycles. The molecule has 1 saturated heterocycles. The van der Waals surface area contributed by atoms with Crippen molar-refractivity contribution in [2.45, 2.75) is 12.6 Å². The molecule has 0 saturated carbocycles. The normalized spacial score (nSPS) is 15.7. The molecule has 3 aromatic rings. The Hall–Kier alpha value is -3.28. The number of imidazole rings is 1. The molecule has 4 rings (SSSR count). The quantitative estimate of drug-likeness (QED) is 0.719. The predicted octanol–water partition coefficient (Wildman–Crippen LogP) is 2.30. The van der Waals surface area contributed by atoms with E-state index in [4.69, 9.17) is 4.74 Å². The highest BCUT2D eigenvalue weighted by molar-refractivity contribution is 6.00. The maximum absolute atomic E-state index is 13.5. The first-order chi connectivity index (χ1) is 14.1. The maximum atomic E-state index is 13.5. The fraction of sp³-hybridized carbons (Fsp3) is 0.286. The summed E-state index contributed by atoms with van der Waals surface area (Å²) in [5.74, 6) is -0.893. The fourth-order valence-electron chi connectivity index (χ4n) is 3.39. The van der Waals surface area contributed by atoms with Crippen LogP contribution in [0.3, 0.4) is 0 Å². The number of aromatic nitrogens is 2. The molecule has 2 aromatic heterocycles. The van der Waals surface area contributed by atoms with Gasteiger partial charge in [0.1, 0.15) is 17.5 Å². The second kappa shape index (κ2) is 8.39. The van der Waals surface area contributed by atoms with Gasteiger partial charge < -0.3 is 14.5 Å². The van der Waals surface area contributed by atoms with Crippen LogP contribution in [0.4, 0.5) is 4.39 Å². The summed E-state index contributed by atoms with van der Waals surface area (Å²) in [7, 11) is 0. The smallest absolute Gasteiger partial charge is 0.256 e. The van der Waals surface area contributed by atoms with E-state index in [0.29, 0.717) is 36.5 Å². The Morgan fingerprint density at radius 2 is 2.14 bits per heavy atom. The molecule has 1 N–H and O–H groups in total. The number of benzene rings is 1. The zero-order chi connectivity index (χ0) is 20.2. The molecule has 1 atom stereocenters. The molecule has 8 heteroatoms. The van der Waals surface area contributed by atoms with E-state index in [1.807, 2.05) is 18.5 Å². The largest absolute Gasteiger partial charge is 0.379 e. The average molecular weight is 393 g/mol. The van der Waals surface area contributed by atoms with Gasteiger partial charge in [-0.3, -0.25) is 9.69 Å². The van der Waals surface area contributed by atoms with E-state index < -0.39 is 17.8 Å². The van der Waals surface area contributed by atoms with Crippen molar-refractivity contribution in [1.82, 2.24) is 19.6 Å². The summed E-state index contributed by atoms with van der Waals surface area (Å²) in [6.45, 7) is 3.78. The molecule has 1 aliphatic rings. The standard InChI is InChI=1S/C21H20FN5O2/c22-16-4-1-3-15(11-16)19(12-23)25-21(28)18-5-2-6-27-14-17(24-20(18)27)13-26-7-9-29-10-8-26/h1-6,11,14,19H,7-10,13H2,(H,25,28). The highest BCUT2D eigenvalue weighted by Crippen LogP contribution is 2.17. The van der Waals surface area contributed by atoms with E-state index in [9.17, 15) is 14.4 Å². The predicted molar refractivity (Wildman–Crippen MR) is 104 cm³/mol. The van der Waals surface area contributed by atoms with Crippen molar-refractivity contribution in [2.24, 2.45) is 0 Å². The lowest BCUT2D eigenvalue weighted by molar-refractivity contribution is 0.0337. The maximum Gasteiger partial charge on any atom is 0.256 e. The molecule has 0 radical (unpaired) electrons. The molecule has 0 bridgehead atoms. The number of morpholine rings is 1. The van der Waals surface area contributed by atoms with Gasteiger partial charge in [0.25, 0.3) is 5.91 Å². The third-order valence-corrected chi connectivity index (χ3v) is 4.85. The molecule has 1 aromatic carbocycles. The molecule has 7 nitrogen and oxygen atoms in total. The lowest BCUT2D eigenvalue weighted by atomic mass is 10.1. The van der Waals surface area contributed by atoms with Crippen LogP contribution in [0.5, 0.6) is 0 Å². The van der Waals surface area contributed by atoms with Crippen molar-refractivity contribution in [3.63, 3.8) is 0 Å². The number of carbonyl (C=O) groups is 1. The lowest BCUT2D eigenvalue weighted by Crippen LogP contribution is -2.35. The molecule has 1 unspecified atom stereocenters. The molecule has 1 amide bonds. The number of nitrogens with one attached hydrogen (secondary N) is 1. The number of fused-ring (bicyclic) bond motifs is 1. The number of halogens is 1. The van der Waals surface area contributed by atoms with Crippen LogP contribution in [0.25, 0.3) is 5.65 Å². The summed E-state index contributed by atoms with van der Waals surface area (Å²) >= 11 is 0. The average Bonchev–Trinajstić information content (AvgIpc) is 3.15. The number of carbonyl (C=O) groups excluding carboxylic acids is 1. The number of pyridine rings is 1. The zero-order valence-corrected chi connectivity index (χ0v) is 15.7.